The monoisotopic (exact) mass is 370 g/mol. The molecule has 0 radical (unpaired) electrons. The van der Waals surface area contributed by atoms with Crippen molar-refractivity contribution in [2.45, 2.75) is 4.90 Å². The van der Waals surface area contributed by atoms with Crippen LogP contribution in [0.5, 0.6) is 5.75 Å². The van der Waals surface area contributed by atoms with Gasteiger partial charge in [0, 0.05) is 24.5 Å². The highest BCUT2D eigenvalue weighted by Gasteiger charge is 2.23. The van der Waals surface area contributed by atoms with Gasteiger partial charge in [-0.05, 0) is 30.3 Å². The van der Waals surface area contributed by atoms with E-state index < -0.39 is 15.9 Å². The Hall–Kier alpha value is -2.16. The van der Waals surface area contributed by atoms with Gasteiger partial charge in [-0.3, -0.25) is 9.78 Å². The van der Waals surface area contributed by atoms with Crippen molar-refractivity contribution in [1.29, 1.82) is 0 Å². The fraction of sp³-hybridized carbons (Fsp3) is 0.200. The summed E-state index contributed by atoms with van der Waals surface area (Å²) >= 11 is 5.87. The van der Waals surface area contributed by atoms with Gasteiger partial charge >= 0.3 is 0 Å². The third-order valence-corrected chi connectivity index (χ3v) is 4.48. The van der Waals surface area contributed by atoms with Crippen molar-refractivity contribution in [3.05, 3.63) is 53.3 Å². The topological polar surface area (TPSA) is 94.6 Å². The second-order valence-corrected chi connectivity index (χ2v) is 6.70. The number of benzene rings is 1. The van der Waals surface area contributed by atoms with Gasteiger partial charge in [0.15, 0.2) is 0 Å². The lowest BCUT2D eigenvalue weighted by molar-refractivity contribution is 0.0981. The van der Waals surface area contributed by atoms with Crippen molar-refractivity contribution in [3.63, 3.8) is 0 Å². The predicted octanol–water partition coefficient (Wildman–Crippen LogP) is 1.88. The van der Waals surface area contributed by atoms with Crippen LogP contribution in [0.15, 0.2) is 47.6 Å². The van der Waals surface area contributed by atoms with Gasteiger partial charge in [0.05, 0.1) is 12.2 Å². The Kier molecular flexibility index (Phi) is 6.13. The minimum Gasteiger partial charge on any atom is -0.490 e. The van der Waals surface area contributed by atoms with Gasteiger partial charge in [-0.2, -0.15) is 0 Å². The summed E-state index contributed by atoms with van der Waals surface area (Å²) in [5, 5.41) is 0.197. The number of nitrogens with one attached hydrogen (secondary N) is 1. The Labute approximate surface area is 144 Å². The Bertz CT molecular complexity index is 812. The summed E-state index contributed by atoms with van der Waals surface area (Å²) in [7, 11) is -2.68. The van der Waals surface area contributed by atoms with Gasteiger partial charge in [0.25, 0.3) is 15.9 Å². The summed E-state index contributed by atoms with van der Waals surface area (Å²) in [6, 6.07) is 7.10. The van der Waals surface area contributed by atoms with E-state index in [-0.39, 0.29) is 34.4 Å². The van der Waals surface area contributed by atoms with Crippen molar-refractivity contribution in [1.82, 2.24) is 9.71 Å². The third kappa shape index (κ3) is 4.67. The van der Waals surface area contributed by atoms with Gasteiger partial charge < -0.3 is 9.47 Å². The number of nitrogens with zero attached hydrogens (tertiary/aromatic N) is 1. The minimum atomic E-state index is -4.18. The molecule has 7 nitrogen and oxygen atoms in total. The highest BCUT2D eigenvalue weighted by Crippen LogP contribution is 2.27. The lowest BCUT2D eigenvalue weighted by Gasteiger charge is -2.13. The highest BCUT2D eigenvalue weighted by molar-refractivity contribution is 7.90. The van der Waals surface area contributed by atoms with Crippen LogP contribution in [0.4, 0.5) is 0 Å². The minimum absolute atomic E-state index is 0.0722. The van der Waals surface area contributed by atoms with E-state index in [9.17, 15) is 13.2 Å². The number of halogens is 1. The molecule has 1 heterocycles. The molecule has 128 valence electrons. The number of ether oxygens (including phenoxy) is 2. The molecular formula is C15H15ClN2O5S. The van der Waals surface area contributed by atoms with Crippen LogP contribution in [0.2, 0.25) is 5.02 Å². The molecule has 0 aliphatic heterocycles. The second-order valence-electron chi connectivity index (χ2n) is 4.61. The third-order valence-electron chi connectivity index (χ3n) is 2.89. The summed E-state index contributed by atoms with van der Waals surface area (Å²) < 4.78 is 37.2. The zero-order valence-electron chi connectivity index (χ0n) is 12.7. The van der Waals surface area contributed by atoms with Crippen molar-refractivity contribution in [2.24, 2.45) is 0 Å². The lowest BCUT2D eigenvalue weighted by Crippen LogP contribution is -2.31. The molecule has 1 amide bonds. The van der Waals surface area contributed by atoms with Gasteiger partial charge in [-0.25, -0.2) is 13.1 Å². The molecule has 0 unspecified atom stereocenters. The zero-order chi connectivity index (χ0) is 17.6. The molecule has 1 aromatic carbocycles. The van der Waals surface area contributed by atoms with Gasteiger partial charge in [-0.1, -0.05) is 11.6 Å². The average molecular weight is 371 g/mol. The first-order chi connectivity index (χ1) is 11.4. The molecule has 0 aliphatic carbocycles. The van der Waals surface area contributed by atoms with E-state index in [0.717, 1.165) is 0 Å². The molecule has 9 heteroatoms. The summed E-state index contributed by atoms with van der Waals surface area (Å²) in [6.45, 7) is 0.432. The van der Waals surface area contributed by atoms with Crippen LogP contribution < -0.4 is 9.46 Å². The molecular weight excluding hydrogens is 356 g/mol. The SMILES string of the molecule is COCCOc1ccc(Cl)cc1S(=O)(=O)NC(=O)c1cccnc1. The predicted molar refractivity (Wildman–Crippen MR) is 87.7 cm³/mol. The number of methoxy groups -OCH3 is 1. The highest BCUT2D eigenvalue weighted by atomic mass is 35.5. The van der Waals surface area contributed by atoms with E-state index in [2.05, 4.69) is 4.98 Å². The van der Waals surface area contributed by atoms with E-state index in [4.69, 9.17) is 21.1 Å². The Morgan fingerprint density at radius 3 is 2.75 bits per heavy atom. The van der Waals surface area contributed by atoms with Crippen molar-refractivity contribution >= 4 is 27.5 Å². The second kappa shape index (κ2) is 8.09. The van der Waals surface area contributed by atoms with Crippen LogP contribution in [-0.2, 0) is 14.8 Å². The maximum Gasteiger partial charge on any atom is 0.268 e. The average Bonchev–Trinajstić information content (AvgIpc) is 2.56. The Balaban J connectivity index is 2.27. The molecule has 0 bridgehead atoms. The number of carbonyl (C=O) groups is 1. The quantitative estimate of drug-likeness (QED) is 0.748. The van der Waals surface area contributed by atoms with Crippen LogP contribution in [0.3, 0.4) is 0 Å². The number of sulfonamides is 1. The van der Waals surface area contributed by atoms with E-state index in [1.165, 1.54) is 49.8 Å². The number of aromatic nitrogens is 1. The van der Waals surface area contributed by atoms with Crippen LogP contribution in [0.1, 0.15) is 10.4 Å². The van der Waals surface area contributed by atoms with E-state index in [1.807, 2.05) is 4.72 Å². The first-order valence-corrected chi connectivity index (χ1v) is 8.68. The largest absolute Gasteiger partial charge is 0.490 e. The van der Waals surface area contributed by atoms with E-state index >= 15 is 0 Å². The molecule has 1 aromatic heterocycles. The Morgan fingerprint density at radius 1 is 1.29 bits per heavy atom. The number of carbonyl (C=O) groups excluding carboxylic acids is 1. The molecule has 0 saturated carbocycles. The molecule has 2 aromatic rings. The van der Waals surface area contributed by atoms with Crippen molar-refractivity contribution < 1.29 is 22.7 Å². The number of pyridine rings is 1. The maximum absolute atomic E-state index is 12.5. The van der Waals surface area contributed by atoms with Crippen LogP contribution in [0, 0.1) is 0 Å². The zero-order valence-corrected chi connectivity index (χ0v) is 14.3. The first kappa shape index (κ1) is 18.2. The normalized spacial score (nSPS) is 11.1. The molecule has 0 saturated heterocycles. The molecule has 0 aliphatic rings. The number of rotatable bonds is 7. The first-order valence-electron chi connectivity index (χ1n) is 6.82. The maximum atomic E-state index is 12.5. The smallest absolute Gasteiger partial charge is 0.268 e. The number of amides is 1. The summed E-state index contributed by atoms with van der Waals surface area (Å²) in [5.41, 5.74) is 0.116. The van der Waals surface area contributed by atoms with Gasteiger partial charge in [0.1, 0.15) is 17.3 Å². The molecule has 0 fully saturated rings. The standard InChI is InChI=1S/C15H15ClN2O5S/c1-22-7-8-23-13-5-4-12(16)9-14(13)24(20,21)18-15(19)11-3-2-6-17-10-11/h2-6,9-10H,7-8H2,1H3,(H,18,19). The molecule has 2 rings (SSSR count). The number of hydrogen-bond donors (Lipinski definition) is 1. The van der Waals surface area contributed by atoms with Crippen molar-refractivity contribution in [3.8, 4) is 5.75 Å². The Morgan fingerprint density at radius 2 is 2.08 bits per heavy atom. The fourth-order valence-corrected chi connectivity index (χ4v) is 3.16. The number of hydrogen-bond acceptors (Lipinski definition) is 6. The molecule has 0 spiro atoms. The van der Waals surface area contributed by atoms with Crippen LogP contribution in [-0.4, -0.2) is 39.6 Å². The van der Waals surface area contributed by atoms with Gasteiger partial charge in [0.2, 0.25) is 0 Å². The molecule has 1 N–H and O–H groups in total. The fourth-order valence-electron chi connectivity index (χ4n) is 1.78. The molecule has 0 atom stereocenters. The van der Waals surface area contributed by atoms with Gasteiger partial charge in [-0.15, -0.1) is 0 Å². The van der Waals surface area contributed by atoms with E-state index in [0.29, 0.717) is 0 Å². The molecule has 24 heavy (non-hydrogen) atoms. The summed E-state index contributed by atoms with van der Waals surface area (Å²) in [4.78, 5) is 15.6. The van der Waals surface area contributed by atoms with Crippen LogP contribution in [0.25, 0.3) is 0 Å². The van der Waals surface area contributed by atoms with Crippen molar-refractivity contribution in [2.75, 3.05) is 20.3 Å². The van der Waals surface area contributed by atoms with Crippen LogP contribution >= 0.6 is 11.6 Å². The summed E-state index contributed by atoms with van der Waals surface area (Å²) in [5.74, 6) is -0.728. The van der Waals surface area contributed by atoms with E-state index in [1.54, 1.807) is 0 Å². The lowest BCUT2D eigenvalue weighted by atomic mass is 10.3. The summed E-state index contributed by atoms with van der Waals surface area (Å²) in [6.07, 6.45) is 2.74.